The van der Waals surface area contributed by atoms with Crippen LogP contribution in [-0.2, 0) is 0 Å². The molecule has 1 saturated heterocycles. The van der Waals surface area contributed by atoms with E-state index in [1.54, 1.807) is 11.0 Å². The summed E-state index contributed by atoms with van der Waals surface area (Å²) in [7, 11) is 0. The summed E-state index contributed by atoms with van der Waals surface area (Å²) in [6, 6.07) is 3.93. The maximum absolute atomic E-state index is 12.2. The molecule has 0 bridgehead atoms. The van der Waals surface area contributed by atoms with Crippen LogP contribution in [0.25, 0.3) is 0 Å². The van der Waals surface area contributed by atoms with Crippen LogP contribution < -0.4 is 0 Å². The van der Waals surface area contributed by atoms with Gasteiger partial charge in [0.25, 0.3) is 5.91 Å². The normalized spacial score (nSPS) is 17.8. The van der Waals surface area contributed by atoms with Crippen molar-refractivity contribution < 1.29 is 4.79 Å². The molecule has 0 N–H and O–H groups in total. The number of carbonyl (C=O) groups is 1. The molecule has 0 aromatic carbocycles. The van der Waals surface area contributed by atoms with Crippen molar-refractivity contribution in [3.63, 3.8) is 0 Å². The summed E-state index contributed by atoms with van der Waals surface area (Å²) in [5, 5.41) is 16.4. The standard InChI is InChI=1S/C13H17N5O/c1-2-12(9-14)17-5-7-18(8-6-17)13(19)11-3-4-15-16-10-11/h3-4,10,12H,2,5-8H2,1H3. The summed E-state index contributed by atoms with van der Waals surface area (Å²) < 4.78 is 0. The fourth-order valence-corrected chi connectivity index (χ4v) is 2.27. The van der Waals surface area contributed by atoms with E-state index >= 15 is 0 Å². The van der Waals surface area contributed by atoms with Gasteiger partial charge in [-0.25, -0.2) is 0 Å². The minimum absolute atomic E-state index is 0.0143. The van der Waals surface area contributed by atoms with E-state index in [-0.39, 0.29) is 11.9 Å². The predicted molar refractivity (Wildman–Crippen MR) is 69.2 cm³/mol. The number of hydrogen-bond donors (Lipinski definition) is 0. The smallest absolute Gasteiger partial charge is 0.255 e. The van der Waals surface area contributed by atoms with Crippen LogP contribution in [0.5, 0.6) is 0 Å². The van der Waals surface area contributed by atoms with Gasteiger partial charge in [-0.15, -0.1) is 0 Å². The van der Waals surface area contributed by atoms with Gasteiger partial charge in [0.1, 0.15) is 0 Å². The van der Waals surface area contributed by atoms with Gasteiger partial charge in [0.05, 0.1) is 30.1 Å². The number of carbonyl (C=O) groups excluding carboxylic acids is 1. The molecule has 6 nitrogen and oxygen atoms in total. The first kappa shape index (κ1) is 13.4. The maximum Gasteiger partial charge on any atom is 0.255 e. The van der Waals surface area contributed by atoms with Crippen LogP contribution in [-0.4, -0.2) is 58.1 Å². The van der Waals surface area contributed by atoms with E-state index in [1.807, 2.05) is 6.92 Å². The third-order valence-corrected chi connectivity index (χ3v) is 3.41. The van der Waals surface area contributed by atoms with Crippen LogP contribution in [0, 0.1) is 11.3 Å². The summed E-state index contributed by atoms with van der Waals surface area (Å²) >= 11 is 0. The van der Waals surface area contributed by atoms with Crippen LogP contribution in [0.15, 0.2) is 18.5 Å². The largest absolute Gasteiger partial charge is 0.336 e. The fourth-order valence-electron chi connectivity index (χ4n) is 2.27. The molecule has 0 aliphatic carbocycles. The Bertz CT molecular complexity index is 462. The zero-order valence-electron chi connectivity index (χ0n) is 11.0. The highest BCUT2D eigenvalue weighted by Gasteiger charge is 2.25. The quantitative estimate of drug-likeness (QED) is 0.792. The average molecular weight is 259 g/mol. The van der Waals surface area contributed by atoms with Gasteiger partial charge < -0.3 is 4.90 Å². The zero-order valence-corrected chi connectivity index (χ0v) is 11.0. The van der Waals surface area contributed by atoms with Gasteiger partial charge in [-0.1, -0.05) is 6.92 Å². The lowest BCUT2D eigenvalue weighted by molar-refractivity contribution is 0.0604. The van der Waals surface area contributed by atoms with Crippen molar-refractivity contribution in [2.75, 3.05) is 26.2 Å². The number of rotatable bonds is 3. The van der Waals surface area contributed by atoms with Gasteiger partial charge in [0, 0.05) is 26.2 Å². The van der Waals surface area contributed by atoms with Crippen LogP contribution in [0.4, 0.5) is 0 Å². The van der Waals surface area contributed by atoms with Gasteiger partial charge in [0.15, 0.2) is 0 Å². The van der Waals surface area contributed by atoms with Crippen LogP contribution >= 0.6 is 0 Å². The number of amides is 1. The first-order valence-electron chi connectivity index (χ1n) is 6.46. The molecule has 0 spiro atoms. The molecule has 1 unspecified atom stereocenters. The fraction of sp³-hybridized carbons (Fsp3) is 0.538. The molecule has 0 saturated carbocycles. The molecule has 2 heterocycles. The molecule has 1 aromatic rings. The molecule has 1 aliphatic rings. The van der Waals surface area contributed by atoms with E-state index in [2.05, 4.69) is 21.2 Å². The second-order valence-electron chi connectivity index (χ2n) is 4.51. The average Bonchev–Trinajstić information content (AvgIpc) is 2.49. The zero-order chi connectivity index (χ0) is 13.7. The molecular formula is C13H17N5O. The van der Waals surface area contributed by atoms with E-state index in [4.69, 9.17) is 5.26 Å². The number of aromatic nitrogens is 2. The molecular weight excluding hydrogens is 242 g/mol. The summed E-state index contributed by atoms with van der Waals surface area (Å²) in [6.45, 7) is 4.80. The Kier molecular flexibility index (Phi) is 4.42. The van der Waals surface area contributed by atoms with Crippen LogP contribution in [0.1, 0.15) is 23.7 Å². The van der Waals surface area contributed by atoms with Crippen LogP contribution in [0.3, 0.4) is 0 Å². The Hall–Kier alpha value is -2.00. The third-order valence-electron chi connectivity index (χ3n) is 3.41. The highest BCUT2D eigenvalue weighted by Crippen LogP contribution is 2.11. The van der Waals surface area contributed by atoms with Gasteiger partial charge in [0.2, 0.25) is 0 Å². The van der Waals surface area contributed by atoms with E-state index in [0.29, 0.717) is 18.7 Å². The van der Waals surface area contributed by atoms with Crippen molar-refractivity contribution in [2.24, 2.45) is 0 Å². The van der Waals surface area contributed by atoms with Gasteiger partial charge in [-0.2, -0.15) is 15.5 Å². The van der Waals surface area contributed by atoms with Gasteiger partial charge in [-0.05, 0) is 12.5 Å². The molecule has 1 aliphatic heterocycles. The second-order valence-corrected chi connectivity index (χ2v) is 4.51. The molecule has 19 heavy (non-hydrogen) atoms. The lowest BCUT2D eigenvalue weighted by Crippen LogP contribution is -2.51. The number of piperazine rings is 1. The molecule has 2 rings (SSSR count). The van der Waals surface area contributed by atoms with E-state index in [9.17, 15) is 4.79 Å². The SMILES string of the molecule is CCC(C#N)N1CCN(C(=O)c2ccnnc2)CC1. The summed E-state index contributed by atoms with van der Waals surface area (Å²) in [4.78, 5) is 16.1. The first-order valence-corrected chi connectivity index (χ1v) is 6.46. The molecule has 6 heteroatoms. The van der Waals surface area contributed by atoms with Crippen molar-refractivity contribution in [2.45, 2.75) is 19.4 Å². The Morgan fingerprint density at radius 1 is 1.42 bits per heavy atom. The van der Waals surface area contributed by atoms with Gasteiger partial charge >= 0.3 is 0 Å². The van der Waals surface area contributed by atoms with Crippen molar-refractivity contribution in [1.29, 1.82) is 5.26 Å². The summed E-state index contributed by atoms with van der Waals surface area (Å²) in [6.07, 6.45) is 3.82. The van der Waals surface area contributed by atoms with E-state index in [1.165, 1.54) is 12.4 Å². The molecule has 100 valence electrons. The Morgan fingerprint density at radius 2 is 2.16 bits per heavy atom. The maximum atomic E-state index is 12.2. The monoisotopic (exact) mass is 259 g/mol. The van der Waals surface area contributed by atoms with E-state index < -0.39 is 0 Å². The van der Waals surface area contributed by atoms with Crippen LogP contribution in [0.2, 0.25) is 0 Å². The molecule has 1 fully saturated rings. The molecule has 1 aromatic heterocycles. The third kappa shape index (κ3) is 3.06. The molecule has 1 amide bonds. The van der Waals surface area contributed by atoms with Crippen molar-refractivity contribution in [3.8, 4) is 6.07 Å². The highest BCUT2D eigenvalue weighted by molar-refractivity contribution is 5.93. The lowest BCUT2D eigenvalue weighted by atomic mass is 10.1. The minimum Gasteiger partial charge on any atom is -0.336 e. The summed E-state index contributed by atoms with van der Waals surface area (Å²) in [5.41, 5.74) is 0.566. The van der Waals surface area contributed by atoms with E-state index in [0.717, 1.165) is 19.5 Å². The Morgan fingerprint density at radius 3 is 2.68 bits per heavy atom. The van der Waals surface area contributed by atoms with Gasteiger partial charge in [-0.3, -0.25) is 9.69 Å². The number of nitriles is 1. The predicted octanol–water partition coefficient (Wildman–Crippen LogP) is 0.537. The minimum atomic E-state index is -0.0418. The highest BCUT2D eigenvalue weighted by atomic mass is 16.2. The van der Waals surface area contributed by atoms with Crippen molar-refractivity contribution >= 4 is 5.91 Å². The Labute approximate surface area is 112 Å². The molecule has 0 radical (unpaired) electrons. The molecule has 1 atom stereocenters. The van der Waals surface area contributed by atoms with Crippen molar-refractivity contribution in [1.82, 2.24) is 20.0 Å². The lowest BCUT2D eigenvalue weighted by Gasteiger charge is -2.36. The second kappa shape index (κ2) is 6.25. The number of nitrogens with zero attached hydrogens (tertiary/aromatic N) is 5. The van der Waals surface area contributed by atoms with Crippen molar-refractivity contribution in [3.05, 3.63) is 24.0 Å². The summed E-state index contributed by atoms with van der Waals surface area (Å²) in [5.74, 6) is -0.0143. The number of hydrogen-bond acceptors (Lipinski definition) is 5. The topological polar surface area (TPSA) is 73.1 Å². The Balaban J connectivity index is 1.94. The first-order chi connectivity index (χ1) is 9.26.